The number of rotatable bonds is 22. The second-order valence-electron chi connectivity index (χ2n) is 14.7. The molecule has 10 N–H and O–H groups in total. The molecule has 358 valence electrons. The van der Waals surface area contributed by atoms with Crippen molar-refractivity contribution in [2.24, 2.45) is 0 Å². The van der Waals surface area contributed by atoms with Gasteiger partial charge in [0.05, 0.1) is 43.1 Å². The molecule has 0 saturated carbocycles. The summed E-state index contributed by atoms with van der Waals surface area (Å²) in [6, 6.07) is 22.1. The number of hydrogen-bond acceptors (Lipinski definition) is 20. The highest BCUT2D eigenvalue weighted by Gasteiger charge is 2.26. The Balaban J connectivity index is 1.28. The largest absolute Gasteiger partial charge is 0.395 e. The average Bonchev–Trinajstić information content (AvgIpc) is 3.29. The number of benzene rings is 4. The summed E-state index contributed by atoms with van der Waals surface area (Å²) in [7, 11) is -9.43. The van der Waals surface area contributed by atoms with Gasteiger partial charge in [0.15, 0.2) is 5.82 Å². The quantitative estimate of drug-likeness (QED) is 0.0344. The van der Waals surface area contributed by atoms with Crippen molar-refractivity contribution in [2.75, 3.05) is 71.8 Å². The summed E-state index contributed by atoms with van der Waals surface area (Å²) in [5.41, 5.74) is 3.16. The topological polar surface area (TPSA) is 339 Å². The lowest BCUT2D eigenvalue weighted by Crippen LogP contribution is -2.31. The molecule has 6 rings (SSSR count). The van der Waals surface area contributed by atoms with Gasteiger partial charge in [0.25, 0.3) is 20.2 Å². The van der Waals surface area contributed by atoms with Gasteiger partial charge in [-0.25, -0.2) is 4.90 Å². The van der Waals surface area contributed by atoms with Crippen LogP contribution in [-0.2, 0) is 25.0 Å². The first-order valence-corrected chi connectivity index (χ1v) is 23.5. The van der Waals surface area contributed by atoms with Crippen LogP contribution in [0, 0.1) is 6.92 Å². The van der Waals surface area contributed by atoms with Gasteiger partial charge in [0.1, 0.15) is 4.90 Å². The van der Waals surface area contributed by atoms with E-state index in [0.717, 1.165) is 41.3 Å². The van der Waals surface area contributed by atoms with Crippen LogP contribution in [0.4, 0.5) is 52.5 Å². The minimum atomic E-state index is -4.93. The minimum absolute atomic E-state index is 0.0179. The summed E-state index contributed by atoms with van der Waals surface area (Å²) in [5, 5.41) is 50.9. The summed E-state index contributed by atoms with van der Waals surface area (Å²) in [6.07, 6.45) is 3.04. The maximum Gasteiger partial charge on any atom is 0.295 e. The van der Waals surface area contributed by atoms with E-state index in [9.17, 15) is 51.2 Å². The van der Waals surface area contributed by atoms with Gasteiger partial charge in [-0.05, 0) is 78.7 Å². The Morgan fingerprint density at radius 2 is 1.19 bits per heavy atom. The molecule has 0 aliphatic carbocycles. The third-order valence-corrected chi connectivity index (χ3v) is 11.4. The molecule has 1 amide bonds. The van der Waals surface area contributed by atoms with Crippen molar-refractivity contribution in [1.29, 1.82) is 0 Å². The molecule has 0 aliphatic heterocycles. The third-order valence-electron chi connectivity index (χ3n) is 9.67. The molecular formula is C43H48N12O11S2. The number of hydrogen-bond donors (Lipinski definition) is 10. The van der Waals surface area contributed by atoms with Crippen molar-refractivity contribution in [3.8, 4) is 0 Å². The molecule has 1 unspecified atom stereocenters. The van der Waals surface area contributed by atoms with Crippen molar-refractivity contribution < 1.29 is 51.2 Å². The molecule has 23 nitrogen and oxygen atoms in total. The molecule has 1 atom stereocenters. The van der Waals surface area contributed by atoms with Crippen LogP contribution in [0.3, 0.4) is 0 Å². The lowest BCUT2D eigenvalue weighted by molar-refractivity contribution is -0.115. The monoisotopic (exact) mass is 972 g/mol. The Morgan fingerprint density at radius 3 is 1.71 bits per heavy atom. The summed E-state index contributed by atoms with van der Waals surface area (Å²) in [4.78, 5) is 41.5. The minimum Gasteiger partial charge on any atom is -0.395 e. The van der Waals surface area contributed by atoms with Gasteiger partial charge >= 0.3 is 0 Å². The van der Waals surface area contributed by atoms with Crippen LogP contribution in [-0.4, -0.2) is 128 Å². The van der Waals surface area contributed by atoms with E-state index in [0.29, 0.717) is 11.3 Å². The highest BCUT2D eigenvalue weighted by atomic mass is 32.2. The summed E-state index contributed by atoms with van der Waals surface area (Å²) >= 11 is 0. The highest BCUT2D eigenvalue weighted by molar-refractivity contribution is 7.86. The number of carbonyl (C=O) groups is 1. The Bertz CT molecular complexity index is 2940. The van der Waals surface area contributed by atoms with E-state index in [2.05, 4.69) is 51.2 Å². The Morgan fingerprint density at radius 1 is 0.647 bits per heavy atom. The SMILES string of the molecule is CC(=O)N(c1ccc(C=Cc2ccc(Nc3nc(Nc4ccc(C)cc4)nc(N(CCO)CCO)n3)cc2)c(S(=O)(=O)O)c1)c1nc(Nc2ccc(S(=O)(=O)O)cc2)nc(C(CO)NCCO)n1. The van der Waals surface area contributed by atoms with E-state index in [1.807, 2.05) is 31.2 Å². The number of nitrogens with zero attached hydrogens (tertiary/aromatic N) is 8. The van der Waals surface area contributed by atoms with Crippen molar-refractivity contribution in [1.82, 2.24) is 35.2 Å². The maximum absolute atomic E-state index is 13.3. The molecule has 0 aliphatic rings. The molecule has 0 bridgehead atoms. The molecule has 0 spiro atoms. The van der Waals surface area contributed by atoms with E-state index < -0.39 is 43.7 Å². The zero-order valence-corrected chi connectivity index (χ0v) is 38.1. The summed E-state index contributed by atoms with van der Waals surface area (Å²) in [6.45, 7) is 2.16. The first kappa shape index (κ1) is 50.3. The van der Waals surface area contributed by atoms with Crippen molar-refractivity contribution >= 4 is 90.8 Å². The van der Waals surface area contributed by atoms with Gasteiger partial charge in [0, 0.05) is 43.6 Å². The fourth-order valence-corrected chi connectivity index (χ4v) is 7.58. The number of aromatic nitrogens is 6. The van der Waals surface area contributed by atoms with Crippen LogP contribution in [0.25, 0.3) is 12.2 Å². The standard InChI is InChI=1S/C43H48N12O11S2/c1-27-3-10-31(11-4-27)46-40-50-41(52-42(51-40)54(20-23-57)21-24-58)47-32-12-6-29(7-13-32)5-8-30-9-16-34(25-37(30)68(64,65)66)55(28(2)60)43-49-38(36(26-59)44-19-22-56)48-39(53-43)45-33-14-17-35(18-15-33)67(61,62)63/h3-18,25,36,44,56-59H,19-24,26H2,1-2H3,(H,61,62,63)(H,64,65,66)(H,45,48,49,53)(H2,46,47,50,51,52). The molecular weight excluding hydrogens is 925 g/mol. The van der Waals surface area contributed by atoms with Crippen LogP contribution in [0.2, 0.25) is 0 Å². The lowest BCUT2D eigenvalue weighted by Gasteiger charge is -2.23. The maximum atomic E-state index is 13.3. The van der Waals surface area contributed by atoms with Gasteiger partial charge < -0.3 is 46.6 Å². The third kappa shape index (κ3) is 13.5. The van der Waals surface area contributed by atoms with E-state index in [1.54, 1.807) is 35.2 Å². The van der Waals surface area contributed by atoms with Crippen molar-refractivity contribution in [2.45, 2.75) is 29.7 Å². The molecule has 0 saturated heterocycles. The predicted octanol–water partition coefficient (Wildman–Crippen LogP) is 3.35. The number of aliphatic hydroxyl groups is 4. The smallest absolute Gasteiger partial charge is 0.295 e. The number of aryl methyl sites for hydroxylation is 1. The molecule has 2 heterocycles. The van der Waals surface area contributed by atoms with Crippen LogP contribution < -0.4 is 31.1 Å². The predicted molar refractivity (Wildman–Crippen MR) is 253 cm³/mol. The molecule has 6 aromatic rings. The zero-order valence-electron chi connectivity index (χ0n) is 36.5. The summed E-state index contributed by atoms with van der Waals surface area (Å²) < 4.78 is 68.7. The molecule has 25 heteroatoms. The van der Waals surface area contributed by atoms with Crippen LogP contribution in [0.1, 0.15) is 35.5 Å². The van der Waals surface area contributed by atoms with Gasteiger partial charge in [-0.2, -0.15) is 46.7 Å². The Labute approximate surface area is 390 Å². The fraction of sp³-hybridized carbons (Fsp3) is 0.233. The van der Waals surface area contributed by atoms with E-state index in [-0.39, 0.29) is 96.9 Å². The van der Waals surface area contributed by atoms with E-state index >= 15 is 0 Å². The van der Waals surface area contributed by atoms with Gasteiger partial charge in [-0.15, -0.1) is 0 Å². The lowest BCUT2D eigenvalue weighted by atomic mass is 10.1. The van der Waals surface area contributed by atoms with Crippen LogP contribution in [0.5, 0.6) is 0 Å². The normalized spacial score (nSPS) is 12.2. The number of aliphatic hydroxyl groups excluding tert-OH is 4. The van der Waals surface area contributed by atoms with Crippen molar-refractivity contribution in [3.05, 3.63) is 114 Å². The van der Waals surface area contributed by atoms with Crippen LogP contribution in [0.15, 0.2) is 101 Å². The summed E-state index contributed by atoms with van der Waals surface area (Å²) in [5.74, 6) is -0.777. The molecule has 0 fully saturated rings. The number of carbonyl (C=O) groups excluding carboxylic acids is 1. The Kier molecular flexibility index (Phi) is 16.7. The molecule has 2 aromatic heterocycles. The average molecular weight is 973 g/mol. The molecule has 4 aromatic carbocycles. The fourth-order valence-electron chi connectivity index (χ4n) is 6.40. The van der Waals surface area contributed by atoms with Gasteiger partial charge in [0.2, 0.25) is 35.6 Å². The number of nitrogens with one attached hydrogen (secondary N) is 4. The van der Waals surface area contributed by atoms with Gasteiger partial charge in [-0.1, -0.05) is 48.0 Å². The first-order valence-electron chi connectivity index (χ1n) is 20.6. The molecule has 0 radical (unpaired) electrons. The van der Waals surface area contributed by atoms with E-state index in [1.165, 1.54) is 30.3 Å². The second-order valence-corrected chi connectivity index (χ2v) is 17.5. The Hall–Kier alpha value is -7.07. The molecule has 68 heavy (non-hydrogen) atoms. The zero-order chi connectivity index (χ0) is 49.0. The first-order chi connectivity index (χ1) is 32.5. The highest BCUT2D eigenvalue weighted by Crippen LogP contribution is 2.31. The van der Waals surface area contributed by atoms with Gasteiger partial charge in [-0.3, -0.25) is 13.9 Å². The van der Waals surface area contributed by atoms with E-state index in [4.69, 9.17) is 0 Å². The number of amides is 1. The van der Waals surface area contributed by atoms with Crippen molar-refractivity contribution in [3.63, 3.8) is 0 Å². The second kappa shape index (κ2) is 22.6. The number of anilines is 9. The van der Waals surface area contributed by atoms with Crippen LogP contribution >= 0.6 is 0 Å².